The van der Waals surface area contributed by atoms with Gasteiger partial charge in [-0.15, -0.1) is 0 Å². The lowest BCUT2D eigenvalue weighted by Gasteiger charge is -2.07. The van der Waals surface area contributed by atoms with E-state index in [0.717, 1.165) is 21.5 Å². The second-order valence-electron chi connectivity index (χ2n) is 3.87. The zero-order valence-corrected chi connectivity index (χ0v) is 10.8. The van der Waals surface area contributed by atoms with Gasteiger partial charge >= 0.3 is 5.97 Å². The number of rotatable bonds is 3. The lowest BCUT2D eigenvalue weighted by atomic mass is 10.1. The van der Waals surface area contributed by atoms with Gasteiger partial charge in [-0.2, -0.15) is 0 Å². The Labute approximate surface area is 106 Å². The highest BCUT2D eigenvalue weighted by Crippen LogP contribution is 2.17. The van der Waals surface area contributed by atoms with Crippen LogP contribution in [0.1, 0.15) is 11.4 Å². The van der Waals surface area contributed by atoms with E-state index in [4.69, 9.17) is 10.8 Å². The number of hydrogen-bond donors (Lipinski definition) is 2. The normalized spacial score (nSPS) is 12.9. The summed E-state index contributed by atoms with van der Waals surface area (Å²) in [6, 6.07) is 2.85. The summed E-state index contributed by atoms with van der Waals surface area (Å²) in [5, 5.41) is 8.83. The number of halogens is 1. The Kier molecular flexibility index (Phi) is 3.17. The minimum Gasteiger partial charge on any atom is -0.480 e. The van der Waals surface area contributed by atoms with Crippen molar-refractivity contribution in [2.45, 2.75) is 19.4 Å². The highest BCUT2D eigenvalue weighted by molar-refractivity contribution is 9.10. The van der Waals surface area contributed by atoms with Crippen LogP contribution in [0.5, 0.6) is 0 Å². The molecule has 3 N–H and O–H groups in total. The molecule has 17 heavy (non-hydrogen) atoms. The van der Waals surface area contributed by atoms with Gasteiger partial charge < -0.3 is 15.2 Å². The summed E-state index contributed by atoms with van der Waals surface area (Å²) in [5.74, 6) is -1.01. The van der Waals surface area contributed by atoms with Crippen molar-refractivity contribution in [2.75, 3.05) is 0 Å². The van der Waals surface area contributed by atoms with E-state index < -0.39 is 12.0 Å². The molecule has 0 aliphatic heterocycles. The number of nitrogens with two attached hydrogens (primary N) is 1. The third-order valence-electron chi connectivity index (χ3n) is 2.61. The van der Waals surface area contributed by atoms with E-state index in [1.54, 1.807) is 0 Å². The average Bonchev–Trinajstić information content (AvgIpc) is 2.55. The highest BCUT2D eigenvalue weighted by atomic mass is 79.9. The molecule has 2 rings (SSSR count). The van der Waals surface area contributed by atoms with Crippen LogP contribution in [0.25, 0.3) is 5.65 Å². The number of aromatic nitrogens is 2. The number of aliphatic carboxylic acids is 1. The molecule has 1 atom stereocenters. The van der Waals surface area contributed by atoms with Crippen LogP contribution in [-0.2, 0) is 11.2 Å². The van der Waals surface area contributed by atoms with E-state index in [-0.39, 0.29) is 6.42 Å². The van der Waals surface area contributed by atoms with Gasteiger partial charge in [0.1, 0.15) is 11.7 Å². The maximum atomic E-state index is 10.8. The number of imidazole rings is 1. The molecule has 0 aliphatic carbocycles. The molecule has 0 radical (unpaired) electrons. The summed E-state index contributed by atoms with van der Waals surface area (Å²) < 4.78 is 2.77. The average molecular weight is 298 g/mol. The number of carboxylic acid groups (broad SMARTS) is 1. The van der Waals surface area contributed by atoms with Gasteiger partial charge in [-0.25, -0.2) is 4.98 Å². The smallest absolute Gasteiger partial charge is 0.320 e. The molecule has 0 bridgehead atoms. The van der Waals surface area contributed by atoms with Crippen molar-refractivity contribution in [3.63, 3.8) is 0 Å². The number of pyridine rings is 1. The summed E-state index contributed by atoms with van der Waals surface area (Å²) in [6.07, 6.45) is 2.12. The fraction of sp³-hybridized carbons (Fsp3) is 0.273. The second kappa shape index (κ2) is 4.46. The SMILES string of the molecule is Cc1nc2ccc(Br)cn2c1CC(N)C(=O)O. The van der Waals surface area contributed by atoms with Crippen LogP contribution in [0.15, 0.2) is 22.8 Å². The van der Waals surface area contributed by atoms with Gasteiger partial charge in [0, 0.05) is 22.8 Å². The van der Waals surface area contributed by atoms with Crippen LogP contribution in [0.3, 0.4) is 0 Å². The van der Waals surface area contributed by atoms with Crippen molar-refractivity contribution >= 4 is 27.5 Å². The summed E-state index contributed by atoms with van der Waals surface area (Å²) in [6.45, 7) is 1.85. The van der Waals surface area contributed by atoms with Gasteiger partial charge in [0.05, 0.1) is 5.69 Å². The number of aryl methyl sites for hydroxylation is 1. The Morgan fingerprint density at radius 1 is 1.65 bits per heavy atom. The van der Waals surface area contributed by atoms with E-state index in [1.807, 2.05) is 29.7 Å². The maximum Gasteiger partial charge on any atom is 0.320 e. The topological polar surface area (TPSA) is 80.6 Å². The van der Waals surface area contributed by atoms with Crippen molar-refractivity contribution in [2.24, 2.45) is 5.73 Å². The summed E-state index contributed by atoms with van der Waals surface area (Å²) in [5.41, 5.74) is 7.98. The van der Waals surface area contributed by atoms with Gasteiger partial charge in [-0.3, -0.25) is 4.79 Å². The van der Waals surface area contributed by atoms with Crippen molar-refractivity contribution in [3.8, 4) is 0 Å². The van der Waals surface area contributed by atoms with Crippen LogP contribution in [0.4, 0.5) is 0 Å². The van der Waals surface area contributed by atoms with Crippen LogP contribution < -0.4 is 5.73 Å². The second-order valence-corrected chi connectivity index (χ2v) is 4.78. The Morgan fingerprint density at radius 3 is 3.00 bits per heavy atom. The van der Waals surface area contributed by atoms with Crippen molar-refractivity contribution in [1.29, 1.82) is 0 Å². The van der Waals surface area contributed by atoms with Crippen molar-refractivity contribution in [3.05, 3.63) is 34.2 Å². The molecule has 0 fully saturated rings. The van der Waals surface area contributed by atoms with Crippen LogP contribution in [-0.4, -0.2) is 26.5 Å². The largest absolute Gasteiger partial charge is 0.480 e. The van der Waals surface area contributed by atoms with Gasteiger partial charge in [-0.1, -0.05) is 0 Å². The van der Waals surface area contributed by atoms with E-state index in [2.05, 4.69) is 20.9 Å². The number of carbonyl (C=O) groups is 1. The van der Waals surface area contributed by atoms with Crippen LogP contribution >= 0.6 is 15.9 Å². The first kappa shape index (κ1) is 12.1. The molecule has 1 unspecified atom stereocenters. The molecule has 0 aliphatic rings. The number of hydrogen-bond acceptors (Lipinski definition) is 3. The summed E-state index contributed by atoms with van der Waals surface area (Å²) in [7, 11) is 0. The summed E-state index contributed by atoms with van der Waals surface area (Å²) in [4.78, 5) is 15.1. The molecule has 0 amide bonds. The third kappa shape index (κ3) is 2.32. The monoisotopic (exact) mass is 297 g/mol. The standard InChI is InChI=1S/C11H12BrN3O2/c1-6-9(4-8(13)11(16)17)15-5-7(12)2-3-10(15)14-6/h2-3,5,8H,4,13H2,1H3,(H,16,17). The lowest BCUT2D eigenvalue weighted by Crippen LogP contribution is -2.32. The lowest BCUT2D eigenvalue weighted by molar-refractivity contribution is -0.138. The first-order valence-corrected chi connectivity index (χ1v) is 5.90. The molecule has 0 saturated heterocycles. The van der Waals surface area contributed by atoms with Gasteiger partial charge in [0.25, 0.3) is 0 Å². The van der Waals surface area contributed by atoms with Gasteiger partial charge in [0.2, 0.25) is 0 Å². The molecule has 2 aromatic rings. The first-order chi connectivity index (χ1) is 7.99. The molecule has 6 heteroatoms. The van der Waals surface area contributed by atoms with E-state index in [9.17, 15) is 4.79 Å². The molecular weight excluding hydrogens is 286 g/mol. The number of carboxylic acids is 1. The molecule has 2 aromatic heterocycles. The first-order valence-electron chi connectivity index (χ1n) is 5.10. The Hall–Kier alpha value is -1.40. The number of fused-ring (bicyclic) bond motifs is 1. The molecule has 5 nitrogen and oxygen atoms in total. The van der Waals surface area contributed by atoms with Crippen LogP contribution in [0.2, 0.25) is 0 Å². The van der Waals surface area contributed by atoms with Gasteiger partial charge in [0.15, 0.2) is 0 Å². The predicted octanol–water partition coefficient (Wildman–Crippen LogP) is 1.36. The quantitative estimate of drug-likeness (QED) is 0.896. The molecule has 0 saturated carbocycles. The Bertz CT molecular complexity index is 579. The maximum absolute atomic E-state index is 10.8. The third-order valence-corrected chi connectivity index (χ3v) is 3.08. The Morgan fingerprint density at radius 2 is 2.35 bits per heavy atom. The molecule has 0 spiro atoms. The summed E-state index contributed by atoms with van der Waals surface area (Å²) >= 11 is 3.37. The van der Waals surface area contributed by atoms with E-state index >= 15 is 0 Å². The molecule has 0 aromatic carbocycles. The fourth-order valence-corrected chi connectivity index (χ4v) is 2.06. The van der Waals surface area contributed by atoms with Crippen molar-refractivity contribution in [1.82, 2.24) is 9.38 Å². The molecule has 2 heterocycles. The minimum atomic E-state index is -1.01. The van der Waals surface area contributed by atoms with E-state index in [0.29, 0.717) is 0 Å². The molecular formula is C11H12BrN3O2. The fourth-order valence-electron chi connectivity index (χ4n) is 1.73. The molecule has 90 valence electrons. The van der Waals surface area contributed by atoms with Gasteiger partial charge in [-0.05, 0) is 35.0 Å². The zero-order chi connectivity index (χ0) is 12.6. The zero-order valence-electron chi connectivity index (χ0n) is 9.22. The minimum absolute atomic E-state index is 0.263. The van der Waals surface area contributed by atoms with Crippen molar-refractivity contribution < 1.29 is 9.90 Å². The predicted molar refractivity (Wildman–Crippen MR) is 66.9 cm³/mol. The Balaban J connectivity index is 2.48. The number of nitrogens with zero attached hydrogens (tertiary/aromatic N) is 2. The highest BCUT2D eigenvalue weighted by Gasteiger charge is 2.17. The van der Waals surface area contributed by atoms with Crippen LogP contribution in [0, 0.1) is 6.92 Å². The van der Waals surface area contributed by atoms with E-state index in [1.165, 1.54) is 0 Å².